The van der Waals surface area contributed by atoms with Crippen LogP contribution in [-0.2, 0) is 13.5 Å². The van der Waals surface area contributed by atoms with Crippen molar-refractivity contribution in [3.63, 3.8) is 0 Å². The Bertz CT molecular complexity index is 922. The molecule has 0 aliphatic carbocycles. The molecule has 0 radical (unpaired) electrons. The third-order valence-corrected chi connectivity index (χ3v) is 7.09. The number of imidazole rings is 1. The minimum atomic E-state index is -0.370. The monoisotopic (exact) mass is 344 g/mol. The summed E-state index contributed by atoms with van der Waals surface area (Å²) < 4.78 is 2.23. The number of nitrogens with zero attached hydrogens (tertiary/aromatic N) is 2. The summed E-state index contributed by atoms with van der Waals surface area (Å²) in [5, 5.41) is 2.87. The molecule has 0 amide bonds. The number of hydrogen-bond donors (Lipinski definition) is 0. The van der Waals surface area contributed by atoms with E-state index in [2.05, 4.69) is 96.5 Å². The zero-order valence-corrected chi connectivity index (χ0v) is 15.2. The Hall–Kier alpha value is -2.44. The Morgan fingerprint density at radius 2 is 1.32 bits per heavy atom. The zero-order chi connectivity index (χ0) is 17.1. The summed E-state index contributed by atoms with van der Waals surface area (Å²) in [5.41, 5.74) is 2.30. The van der Waals surface area contributed by atoms with Crippen LogP contribution >= 0.6 is 7.92 Å². The van der Waals surface area contributed by atoms with Gasteiger partial charge in [-0.25, -0.2) is 4.98 Å². The second-order valence-corrected chi connectivity index (χ2v) is 8.48. The maximum Gasteiger partial charge on any atom is 0.109 e. The van der Waals surface area contributed by atoms with Crippen molar-refractivity contribution >= 4 is 29.6 Å². The molecule has 0 aliphatic rings. The van der Waals surface area contributed by atoms with Crippen molar-refractivity contribution in [2.75, 3.05) is 6.16 Å². The van der Waals surface area contributed by atoms with E-state index in [0.717, 1.165) is 18.1 Å². The molecule has 3 heteroatoms. The number of benzene rings is 3. The van der Waals surface area contributed by atoms with E-state index < -0.39 is 0 Å². The van der Waals surface area contributed by atoms with Crippen molar-refractivity contribution in [2.45, 2.75) is 6.42 Å². The standard InChI is InChI=1S/C22H21N2P/c1-24-21-15-9-8-14-20(21)23-22(24)16-17-25(18-10-4-2-5-11-18)19-12-6-3-7-13-19/h2-15H,16-17H2,1H3. The van der Waals surface area contributed by atoms with E-state index in [1.165, 1.54) is 22.0 Å². The Balaban J connectivity index is 1.64. The van der Waals surface area contributed by atoms with Gasteiger partial charge < -0.3 is 4.57 Å². The first-order chi connectivity index (χ1) is 12.3. The predicted molar refractivity (Wildman–Crippen MR) is 108 cm³/mol. The van der Waals surface area contributed by atoms with Gasteiger partial charge in [-0.1, -0.05) is 72.8 Å². The highest BCUT2D eigenvalue weighted by Gasteiger charge is 2.15. The van der Waals surface area contributed by atoms with Crippen LogP contribution in [0.4, 0.5) is 0 Å². The summed E-state index contributed by atoms with van der Waals surface area (Å²) in [6.45, 7) is 0. The molecule has 3 aromatic carbocycles. The first-order valence-corrected chi connectivity index (χ1v) is 10.1. The number of hydrogen-bond acceptors (Lipinski definition) is 1. The molecule has 0 N–H and O–H groups in total. The van der Waals surface area contributed by atoms with Crippen LogP contribution in [0, 0.1) is 0 Å². The van der Waals surface area contributed by atoms with Crippen LogP contribution in [0.1, 0.15) is 5.82 Å². The minimum absolute atomic E-state index is 0.370. The van der Waals surface area contributed by atoms with Gasteiger partial charge >= 0.3 is 0 Å². The Morgan fingerprint density at radius 3 is 1.92 bits per heavy atom. The van der Waals surface area contributed by atoms with Crippen molar-refractivity contribution in [3.05, 3.63) is 90.8 Å². The number of fused-ring (bicyclic) bond motifs is 1. The smallest absolute Gasteiger partial charge is 0.109 e. The third kappa shape index (κ3) is 3.36. The lowest BCUT2D eigenvalue weighted by Gasteiger charge is -2.18. The summed E-state index contributed by atoms with van der Waals surface area (Å²) in [5.74, 6) is 1.17. The molecule has 0 atom stereocenters. The maximum absolute atomic E-state index is 4.84. The van der Waals surface area contributed by atoms with E-state index in [1.54, 1.807) is 0 Å². The molecule has 0 saturated carbocycles. The molecule has 0 spiro atoms. The fourth-order valence-corrected chi connectivity index (χ4v) is 5.56. The lowest BCUT2D eigenvalue weighted by Crippen LogP contribution is -2.15. The third-order valence-electron chi connectivity index (χ3n) is 4.57. The molecule has 0 aliphatic heterocycles. The maximum atomic E-state index is 4.84. The molecule has 0 unspecified atom stereocenters. The molecule has 4 aromatic rings. The van der Waals surface area contributed by atoms with Crippen molar-refractivity contribution in [1.82, 2.24) is 9.55 Å². The number of rotatable bonds is 5. The molecule has 25 heavy (non-hydrogen) atoms. The van der Waals surface area contributed by atoms with Crippen molar-refractivity contribution in [1.29, 1.82) is 0 Å². The van der Waals surface area contributed by atoms with Crippen molar-refractivity contribution in [3.8, 4) is 0 Å². The van der Waals surface area contributed by atoms with E-state index in [4.69, 9.17) is 4.98 Å². The van der Waals surface area contributed by atoms with E-state index >= 15 is 0 Å². The van der Waals surface area contributed by atoms with Gasteiger partial charge in [0.05, 0.1) is 11.0 Å². The van der Waals surface area contributed by atoms with Gasteiger partial charge in [-0.05, 0) is 36.8 Å². The number of aromatic nitrogens is 2. The molecule has 124 valence electrons. The molecule has 0 fully saturated rings. The lowest BCUT2D eigenvalue weighted by molar-refractivity contribution is 0.832. The topological polar surface area (TPSA) is 17.8 Å². The van der Waals surface area contributed by atoms with E-state index in [-0.39, 0.29) is 7.92 Å². The Kier molecular flexibility index (Phi) is 4.63. The predicted octanol–water partition coefficient (Wildman–Crippen LogP) is 4.25. The second-order valence-electron chi connectivity index (χ2n) is 6.15. The van der Waals surface area contributed by atoms with Crippen LogP contribution in [0.25, 0.3) is 11.0 Å². The minimum Gasteiger partial charge on any atom is -0.331 e. The van der Waals surface area contributed by atoms with Crippen LogP contribution in [0.3, 0.4) is 0 Å². The van der Waals surface area contributed by atoms with Gasteiger partial charge in [0.1, 0.15) is 5.82 Å². The molecular weight excluding hydrogens is 323 g/mol. The van der Waals surface area contributed by atoms with E-state index in [9.17, 15) is 0 Å². The second kappa shape index (κ2) is 7.21. The van der Waals surface area contributed by atoms with Crippen LogP contribution in [0.15, 0.2) is 84.9 Å². The zero-order valence-electron chi connectivity index (χ0n) is 14.3. The lowest BCUT2D eigenvalue weighted by atomic mass is 10.3. The summed E-state index contributed by atoms with van der Waals surface area (Å²) in [6, 6.07) is 30.1. The highest BCUT2D eigenvalue weighted by molar-refractivity contribution is 7.73. The fourth-order valence-electron chi connectivity index (χ4n) is 3.25. The number of aryl methyl sites for hydroxylation is 2. The largest absolute Gasteiger partial charge is 0.331 e. The first kappa shape index (κ1) is 16.1. The van der Waals surface area contributed by atoms with Gasteiger partial charge in [0, 0.05) is 13.5 Å². The first-order valence-electron chi connectivity index (χ1n) is 8.61. The summed E-state index contributed by atoms with van der Waals surface area (Å²) in [7, 11) is 1.75. The Morgan fingerprint density at radius 1 is 0.760 bits per heavy atom. The van der Waals surface area contributed by atoms with Crippen LogP contribution in [0.5, 0.6) is 0 Å². The van der Waals surface area contributed by atoms with Crippen LogP contribution in [0.2, 0.25) is 0 Å². The van der Waals surface area contributed by atoms with E-state index in [1.807, 2.05) is 0 Å². The molecule has 2 nitrogen and oxygen atoms in total. The van der Waals surface area contributed by atoms with Crippen LogP contribution in [-0.4, -0.2) is 15.7 Å². The van der Waals surface area contributed by atoms with Gasteiger partial charge in [-0.15, -0.1) is 0 Å². The highest BCUT2D eigenvalue weighted by Crippen LogP contribution is 2.34. The average molecular weight is 344 g/mol. The van der Waals surface area contributed by atoms with Gasteiger partial charge in [0.2, 0.25) is 0 Å². The van der Waals surface area contributed by atoms with Gasteiger partial charge in [-0.2, -0.15) is 0 Å². The van der Waals surface area contributed by atoms with Crippen molar-refractivity contribution < 1.29 is 0 Å². The average Bonchev–Trinajstić information content (AvgIpc) is 3.00. The Labute approximate surface area is 149 Å². The summed E-state index contributed by atoms with van der Waals surface area (Å²) in [6.07, 6.45) is 2.10. The van der Waals surface area contributed by atoms with Crippen molar-refractivity contribution in [2.24, 2.45) is 7.05 Å². The van der Waals surface area contributed by atoms with E-state index in [0.29, 0.717) is 0 Å². The molecule has 1 aromatic heterocycles. The highest BCUT2D eigenvalue weighted by atomic mass is 31.1. The summed E-state index contributed by atoms with van der Waals surface area (Å²) >= 11 is 0. The molecule has 4 rings (SSSR count). The quantitative estimate of drug-likeness (QED) is 0.495. The molecule has 0 bridgehead atoms. The van der Waals surface area contributed by atoms with Crippen LogP contribution < -0.4 is 10.6 Å². The van der Waals surface area contributed by atoms with Gasteiger partial charge in [0.25, 0.3) is 0 Å². The molecule has 0 saturated heterocycles. The van der Waals surface area contributed by atoms with Gasteiger partial charge in [-0.3, -0.25) is 0 Å². The van der Waals surface area contributed by atoms with Gasteiger partial charge in [0.15, 0.2) is 0 Å². The molecule has 1 heterocycles. The number of para-hydroxylation sites is 2. The SMILES string of the molecule is Cn1c(CCP(c2ccccc2)c2ccccc2)nc2ccccc21. The summed E-state index contributed by atoms with van der Waals surface area (Å²) in [4.78, 5) is 4.84. The fraction of sp³-hybridized carbons (Fsp3) is 0.136. The molecular formula is C22H21N2P. The normalized spacial score (nSPS) is 11.3.